The Morgan fingerprint density at radius 3 is 2.77 bits per heavy atom. The zero-order valence-electron chi connectivity index (χ0n) is 17.6. The Hall–Kier alpha value is -3.13. The van der Waals surface area contributed by atoms with E-state index >= 15 is 0 Å². The smallest absolute Gasteiger partial charge is 0.327 e. The molecule has 5 rings (SSSR count). The highest BCUT2D eigenvalue weighted by atomic mass is 16.2. The van der Waals surface area contributed by atoms with E-state index in [9.17, 15) is 4.79 Å². The first kappa shape index (κ1) is 18.9. The zero-order valence-corrected chi connectivity index (χ0v) is 17.6. The summed E-state index contributed by atoms with van der Waals surface area (Å²) in [4.78, 5) is 26.2. The number of aryl methyl sites for hydroxylation is 1. The van der Waals surface area contributed by atoms with Crippen LogP contribution >= 0.6 is 0 Å². The van der Waals surface area contributed by atoms with Gasteiger partial charge in [0.1, 0.15) is 11.5 Å². The number of hydrogen-bond donors (Lipinski definition) is 2. The molecule has 0 aromatic carbocycles. The maximum Gasteiger partial charge on any atom is 0.327 e. The molecule has 2 aliphatic heterocycles. The molecule has 0 saturated carbocycles. The number of rotatable bonds is 2. The molecule has 3 aromatic heterocycles. The second kappa shape index (κ2) is 7.28. The maximum atomic E-state index is 13.0. The molecule has 8 heteroatoms. The number of anilines is 3. The fraction of sp³-hybridized carbons (Fsp3) is 0.409. The standard InChI is InChI=1S/C22H27N7O/c1-14-10-27(11-15(2)24-14)19-6-8-23-21-18(19)7-9-29(21)22(30)26-17-4-5-20-25-16(3)12-28(20)13-17/h4-6,8,12-15,24H,7,9-11H2,1-3H3,(H,26,30)/t14-,15+. The molecule has 2 N–H and O–H groups in total. The van der Waals surface area contributed by atoms with Crippen molar-refractivity contribution in [2.24, 2.45) is 0 Å². The molecule has 0 spiro atoms. The molecular weight excluding hydrogens is 378 g/mol. The Bertz CT molecular complexity index is 1100. The van der Waals surface area contributed by atoms with Gasteiger partial charge in [-0.1, -0.05) is 0 Å². The van der Waals surface area contributed by atoms with Crippen molar-refractivity contribution >= 4 is 28.9 Å². The molecule has 30 heavy (non-hydrogen) atoms. The van der Waals surface area contributed by atoms with Crippen LogP contribution in [0.4, 0.5) is 22.0 Å². The summed E-state index contributed by atoms with van der Waals surface area (Å²) < 4.78 is 1.92. The number of carbonyl (C=O) groups is 1. The highest BCUT2D eigenvalue weighted by Gasteiger charge is 2.31. The van der Waals surface area contributed by atoms with Gasteiger partial charge in [-0.05, 0) is 45.4 Å². The molecule has 1 fully saturated rings. The number of amides is 2. The lowest BCUT2D eigenvalue weighted by molar-refractivity contribution is 0.257. The average molecular weight is 406 g/mol. The highest BCUT2D eigenvalue weighted by molar-refractivity contribution is 6.03. The van der Waals surface area contributed by atoms with Crippen molar-refractivity contribution in [1.29, 1.82) is 0 Å². The second-order valence-corrected chi connectivity index (χ2v) is 8.40. The van der Waals surface area contributed by atoms with E-state index in [1.54, 1.807) is 4.90 Å². The Balaban J connectivity index is 1.38. The molecule has 0 radical (unpaired) electrons. The Kier molecular flexibility index (Phi) is 4.58. The fourth-order valence-electron chi connectivity index (χ4n) is 4.67. The second-order valence-electron chi connectivity index (χ2n) is 8.40. The van der Waals surface area contributed by atoms with Crippen LogP contribution in [-0.2, 0) is 6.42 Å². The molecule has 2 atom stereocenters. The van der Waals surface area contributed by atoms with E-state index in [1.165, 1.54) is 5.69 Å². The van der Waals surface area contributed by atoms with Crippen LogP contribution in [0.15, 0.2) is 36.8 Å². The van der Waals surface area contributed by atoms with Crippen LogP contribution in [-0.4, -0.2) is 52.1 Å². The molecule has 5 heterocycles. The minimum atomic E-state index is -0.156. The molecule has 2 aliphatic rings. The zero-order chi connectivity index (χ0) is 20.8. The average Bonchev–Trinajstić information content (AvgIpc) is 3.29. The number of hydrogen-bond acceptors (Lipinski definition) is 5. The van der Waals surface area contributed by atoms with Gasteiger partial charge in [0, 0.05) is 61.6 Å². The van der Waals surface area contributed by atoms with Gasteiger partial charge in [-0.25, -0.2) is 14.8 Å². The van der Waals surface area contributed by atoms with E-state index < -0.39 is 0 Å². The minimum absolute atomic E-state index is 0.156. The molecule has 0 unspecified atom stereocenters. The molecule has 8 nitrogen and oxygen atoms in total. The number of pyridine rings is 2. The molecule has 0 aliphatic carbocycles. The van der Waals surface area contributed by atoms with Gasteiger partial charge >= 0.3 is 6.03 Å². The number of carbonyl (C=O) groups excluding carboxylic acids is 1. The molecule has 3 aromatic rings. The number of aromatic nitrogens is 3. The Labute approximate surface area is 175 Å². The van der Waals surface area contributed by atoms with Gasteiger partial charge < -0.3 is 19.9 Å². The molecule has 1 saturated heterocycles. The first-order valence-electron chi connectivity index (χ1n) is 10.5. The van der Waals surface area contributed by atoms with Crippen LogP contribution in [0.1, 0.15) is 25.1 Å². The Morgan fingerprint density at radius 2 is 1.97 bits per heavy atom. The first-order valence-corrected chi connectivity index (χ1v) is 10.5. The molecular formula is C22H27N7O. The summed E-state index contributed by atoms with van der Waals surface area (Å²) in [6.45, 7) is 8.92. The molecule has 0 bridgehead atoms. The normalized spacial score (nSPS) is 21.2. The summed E-state index contributed by atoms with van der Waals surface area (Å²) in [7, 11) is 0. The lowest BCUT2D eigenvalue weighted by Crippen LogP contribution is -2.54. The van der Waals surface area contributed by atoms with Crippen molar-refractivity contribution in [3.63, 3.8) is 0 Å². The van der Waals surface area contributed by atoms with E-state index in [-0.39, 0.29) is 6.03 Å². The van der Waals surface area contributed by atoms with Gasteiger partial charge in [0.15, 0.2) is 0 Å². The van der Waals surface area contributed by atoms with Crippen molar-refractivity contribution in [1.82, 2.24) is 19.7 Å². The third kappa shape index (κ3) is 3.37. The van der Waals surface area contributed by atoms with Crippen LogP contribution < -0.4 is 20.4 Å². The van der Waals surface area contributed by atoms with E-state index in [0.29, 0.717) is 18.6 Å². The summed E-state index contributed by atoms with van der Waals surface area (Å²) in [6, 6.07) is 6.57. The number of piperazine rings is 1. The van der Waals surface area contributed by atoms with Gasteiger partial charge in [-0.2, -0.15) is 0 Å². The van der Waals surface area contributed by atoms with Crippen LogP contribution in [0.25, 0.3) is 5.65 Å². The number of urea groups is 1. The van der Waals surface area contributed by atoms with E-state index in [1.807, 2.05) is 42.0 Å². The quantitative estimate of drug-likeness (QED) is 0.686. The SMILES string of the molecule is Cc1cn2cc(NC(=O)N3CCc4c(N5C[C@@H](C)N[C@@H](C)C5)ccnc43)ccc2n1. The topological polar surface area (TPSA) is 77.8 Å². The van der Waals surface area contributed by atoms with Crippen LogP contribution in [0.3, 0.4) is 0 Å². The van der Waals surface area contributed by atoms with Crippen molar-refractivity contribution in [3.8, 4) is 0 Å². The fourth-order valence-corrected chi connectivity index (χ4v) is 4.67. The van der Waals surface area contributed by atoms with Crippen molar-refractivity contribution < 1.29 is 4.79 Å². The summed E-state index contributed by atoms with van der Waals surface area (Å²) in [6.07, 6.45) is 6.47. The largest absolute Gasteiger partial charge is 0.368 e. The number of fused-ring (bicyclic) bond motifs is 2. The van der Waals surface area contributed by atoms with Gasteiger partial charge in [0.2, 0.25) is 0 Å². The van der Waals surface area contributed by atoms with Gasteiger partial charge in [-0.3, -0.25) is 4.90 Å². The number of imidazole rings is 1. The Morgan fingerprint density at radius 1 is 1.17 bits per heavy atom. The molecule has 2 amide bonds. The first-order chi connectivity index (χ1) is 14.5. The predicted octanol–water partition coefficient (Wildman–Crippen LogP) is 2.82. The third-order valence-electron chi connectivity index (χ3n) is 5.82. The minimum Gasteiger partial charge on any atom is -0.368 e. The van der Waals surface area contributed by atoms with Gasteiger partial charge in [-0.15, -0.1) is 0 Å². The van der Waals surface area contributed by atoms with Crippen LogP contribution in [0.5, 0.6) is 0 Å². The monoisotopic (exact) mass is 405 g/mol. The van der Waals surface area contributed by atoms with Crippen molar-refractivity contribution in [2.75, 3.05) is 34.8 Å². The lowest BCUT2D eigenvalue weighted by atomic mass is 10.1. The summed E-state index contributed by atoms with van der Waals surface area (Å²) >= 11 is 0. The summed E-state index contributed by atoms with van der Waals surface area (Å²) in [5, 5.41) is 6.59. The number of nitrogens with zero attached hydrogens (tertiary/aromatic N) is 5. The summed E-state index contributed by atoms with van der Waals surface area (Å²) in [5.41, 5.74) is 4.91. The van der Waals surface area contributed by atoms with Crippen LogP contribution in [0, 0.1) is 6.92 Å². The summed E-state index contributed by atoms with van der Waals surface area (Å²) in [5.74, 6) is 0.767. The van der Waals surface area contributed by atoms with E-state index in [2.05, 4.69) is 45.4 Å². The third-order valence-corrected chi connectivity index (χ3v) is 5.82. The van der Waals surface area contributed by atoms with E-state index in [4.69, 9.17) is 0 Å². The lowest BCUT2D eigenvalue weighted by Gasteiger charge is -2.38. The van der Waals surface area contributed by atoms with Gasteiger partial charge in [0.05, 0.1) is 11.4 Å². The van der Waals surface area contributed by atoms with Crippen molar-refractivity contribution in [3.05, 3.63) is 48.0 Å². The predicted molar refractivity (Wildman–Crippen MR) is 119 cm³/mol. The van der Waals surface area contributed by atoms with Crippen molar-refractivity contribution in [2.45, 2.75) is 39.3 Å². The molecule has 156 valence electrons. The van der Waals surface area contributed by atoms with Gasteiger partial charge in [0.25, 0.3) is 0 Å². The van der Waals surface area contributed by atoms with E-state index in [0.717, 1.165) is 47.9 Å². The number of nitrogens with one attached hydrogen (secondary N) is 2. The maximum absolute atomic E-state index is 13.0. The van der Waals surface area contributed by atoms with Crippen LogP contribution in [0.2, 0.25) is 0 Å². The highest BCUT2D eigenvalue weighted by Crippen LogP contribution is 2.34.